The summed E-state index contributed by atoms with van der Waals surface area (Å²) in [5.41, 5.74) is 5.29. The number of nitrogens with zero attached hydrogens (tertiary/aromatic N) is 1. The van der Waals surface area contributed by atoms with Gasteiger partial charge in [-0.1, -0.05) is 0 Å². The lowest BCUT2D eigenvalue weighted by atomic mass is 10.3. The van der Waals surface area contributed by atoms with Crippen LogP contribution in [-0.4, -0.2) is 25.7 Å². The molecule has 1 aromatic carbocycles. The van der Waals surface area contributed by atoms with Crippen LogP contribution in [0.1, 0.15) is 0 Å². The minimum Gasteiger partial charge on any atom is -0.497 e. The van der Waals surface area contributed by atoms with Crippen molar-refractivity contribution < 1.29 is 13.2 Å². The number of H-pyrrole nitrogens is 1. The number of benzene rings is 1. The van der Waals surface area contributed by atoms with Crippen molar-refractivity contribution in [2.24, 2.45) is 0 Å². The quantitative estimate of drug-likeness (QED) is 0.690. The van der Waals surface area contributed by atoms with Crippen LogP contribution in [0.15, 0.2) is 40.0 Å². The molecule has 0 aliphatic carbocycles. The van der Waals surface area contributed by atoms with Crippen LogP contribution in [0, 0.1) is 0 Å². The lowest BCUT2D eigenvalue weighted by molar-refractivity contribution is 0.414. The number of hydrogen-bond donors (Lipinski definition) is 3. The van der Waals surface area contributed by atoms with Crippen molar-refractivity contribution in [2.75, 3.05) is 17.6 Å². The van der Waals surface area contributed by atoms with E-state index < -0.39 is 15.6 Å². The Kier molecular flexibility index (Phi) is 3.61. The molecule has 0 amide bonds. The highest BCUT2D eigenvalue weighted by Crippen LogP contribution is 2.24. The van der Waals surface area contributed by atoms with E-state index in [-0.39, 0.29) is 16.4 Å². The number of ether oxygens (including phenoxy) is 1. The second-order valence-corrected chi connectivity index (χ2v) is 5.47. The number of nitrogens with two attached hydrogens (primary N) is 1. The topological polar surface area (TPSA) is 127 Å². The number of methoxy groups -OCH3 is 1. The Bertz CT molecular complexity index is 765. The largest absolute Gasteiger partial charge is 0.497 e. The summed E-state index contributed by atoms with van der Waals surface area (Å²) in [4.78, 5) is 10.7. The average molecular weight is 296 g/mol. The summed E-state index contributed by atoms with van der Waals surface area (Å²) in [6.07, 6.45) is 0. The fourth-order valence-electron chi connectivity index (χ4n) is 1.49. The van der Waals surface area contributed by atoms with Crippen LogP contribution >= 0.6 is 0 Å². The van der Waals surface area contributed by atoms with E-state index in [2.05, 4.69) is 14.9 Å². The van der Waals surface area contributed by atoms with Gasteiger partial charge in [0.25, 0.3) is 15.6 Å². The second-order valence-electron chi connectivity index (χ2n) is 3.82. The van der Waals surface area contributed by atoms with Crippen molar-refractivity contribution in [3.8, 4) is 5.75 Å². The van der Waals surface area contributed by atoms with Gasteiger partial charge in [0.2, 0.25) is 0 Å². The van der Waals surface area contributed by atoms with E-state index in [1.54, 1.807) is 0 Å². The lowest BCUT2D eigenvalue weighted by Crippen LogP contribution is -2.17. The maximum absolute atomic E-state index is 12.1. The van der Waals surface area contributed by atoms with Crippen LogP contribution in [0.5, 0.6) is 5.75 Å². The van der Waals surface area contributed by atoms with E-state index in [1.165, 1.54) is 31.4 Å². The first kappa shape index (κ1) is 13.9. The molecule has 0 atom stereocenters. The molecule has 1 aromatic heterocycles. The molecule has 20 heavy (non-hydrogen) atoms. The van der Waals surface area contributed by atoms with Crippen LogP contribution in [0.25, 0.3) is 0 Å². The standard InChI is InChI=1S/C11H12N4O4S/c1-19-7-2-3-9(8(12)6-7)20(17,18)15-10-4-5-11(16)14-13-10/h2-6H,12H2,1H3,(H,13,15)(H,14,16). The molecule has 0 spiro atoms. The molecule has 0 unspecified atom stereocenters. The summed E-state index contributed by atoms with van der Waals surface area (Å²) in [6, 6.07) is 6.60. The van der Waals surface area contributed by atoms with Gasteiger partial charge in [0, 0.05) is 12.1 Å². The summed E-state index contributed by atoms with van der Waals surface area (Å²) >= 11 is 0. The molecule has 106 valence electrons. The van der Waals surface area contributed by atoms with Crippen molar-refractivity contribution in [3.05, 3.63) is 40.7 Å². The minimum absolute atomic E-state index is 0.0141. The molecule has 0 saturated carbocycles. The van der Waals surface area contributed by atoms with Crippen LogP contribution < -0.4 is 20.8 Å². The van der Waals surface area contributed by atoms with Crippen LogP contribution in [0.3, 0.4) is 0 Å². The van der Waals surface area contributed by atoms with Gasteiger partial charge in [-0.15, -0.1) is 0 Å². The van der Waals surface area contributed by atoms with Crippen molar-refractivity contribution in [1.29, 1.82) is 0 Å². The number of anilines is 2. The van der Waals surface area contributed by atoms with E-state index in [1.807, 2.05) is 0 Å². The van der Waals surface area contributed by atoms with Crippen molar-refractivity contribution >= 4 is 21.5 Å². The fraction of sp³-hybridized carbons (Fsp3) is 0.0909. The highest BCUT2D eigenvalue weighted by Gasteiger charge is 2.18. The van der Waals surface area contributed by atoms with Gasteiger partial charge >= 0.3 is 0 Å². The summed E-state index contributed by atoms with van der Waals surface area (Å²) in [6.45, 7) is 0. The van der Waals surface area contributed by atoms with Gasteiger partial charge in [0.15, 0.2) is 5.82 Å². The minimum atomic E-state index is -3.90. The smallest absolute Gasteiger partial charge is 0.265 e. The Morgan fingerprint density at radius 3 is 2.60 bits per heavy atom. The first-order valence-electron chi connectivity index (χ1n) is 5.44. The van der Waals surface area contributed by atoms with E-state index in [0.29, 0.717) is 5.75 Å². The predicted molar refractivity (Wildman–Crippen MR) is 73.1 cm³/mol. The summed E-state index contributed by atoms with van der Waals surface area (Å²) in [5.74, 6) is 0.434. The predicted octanol–water partition coefficient (Wildman–Crippen LogP) is 0.161. The molecule has 0 saturated heterocycles. The zero-order chi connectivity index (χ0) is 14.8. The van der Waals surface area contributed by atoms with Gasteiger partial charge in [-0.2, -0.15) is 5.10 Å². The van der Waals surface area contributed by atoms with Crippen molar-refractivity contribution in [3.63, 3.8) is 0 Å². The third kappa shape index (κ3) is 2.88. The van der Waals surface area contributed by atoms with Crippen LogP contribution in [0.4, 0.5) is 11.5 Å². The van der Waals surface area contributed by atoms with E-state index in [0.717, 1.165) is 6.07 Å². The first-order chi connectivity index (χ1) is 9.42. The zero-order valence-electron chi connectivity index (χ0n) is 10.5. The third-order valence-electron chi connectivity index (χ3n) is 2.42. The highest BCUT2D eigenvalue weighted by atomic mass is 32.2. The highest BCUT2D eigenvalue weighted by molar-refractivity contribution is 7.92. The molecule has 0 fully saturated rings. The Hall–Kier alpha value is -2.55. The van der Waals surface area contributed by atoms with Gasteiger partial charge in [-0.25, -0.2) is 13.5 Å². The van der Waals surface area contributed by atoms with Crippen molar-refractivity contribution in [1.82, 2.24) is 10.2 Å². The van der Waals surface area contributed by atoms with Crippen molar-refractivity contribution in [2.45, 2.75) is 4.90 Å². The SMILES string of the molecule is COc1ccc(S(=O)(=O)Nc2ccc(=O)[nH]n2)c(N)c1. The molecule has 8 nitrogen and oxygen atoms in total. The number of nitrogen functional groups attached to an aromatic ring is 1. The Balaban J connectivity index is 2.35. The number of nitrogens with one attached hydrogen (secondary N) is 2. The van der Waals surface area contributed by atoms with E-state index in [4.69, 9.17) is 10.5 Å². The molecule has 2 rings (SSSR count). The van der Waals surface area contributed by atoms with Crippen LogP contribution in [-0.2, 0) is 10.0 Å². The average Bonchev–Trinajstić information content (AvgIpc) is 2.40. The van der Waals surface area contributed by atoms with Gasteiger partial charge in [0.05, 0.1) is 12.8 Å². The third-order valence-corrected chi connectivity index (χ3v) is 3.85. The Morgan fingerprint density at radius 2 is 2.05 bits per heavy atom. The molecular formula is C11H12N4O4S. The zero-order valence-corrected chi connectivity index (χ0v) is 11.3. The molecule has 0 aliphatic rings. The fourth-order valence-corrected chi connectivity index (χ4v) is 2.61. The number of hydrogen-bond acceptors (Lipinski definition) is 6. The molecular weight excluding hydrogens is 284 g/mol. The number of aromatic amines is 1. The molecule has 0 bridgehead atoms. The molecule has 1 heterocycles. The molecule has 0 radical (unpaired) electrons. The maximum atomic E-state index is 12.1. The molecule has 2 aromatic rings. The lowest BCUT2D eigenvalue weighted by Gasteiger charge is -2.10. The van der Waals surface area contributed by atoms with Gasteiger partial charge < -0.3 is 10.5 Å². The van der Waals surface area contributed by atoms with Gasteiger partial charge in [-0.3, -0.25) is 9.52 Å². The Labute approximate surface area is 114 Å². The summed E-state index contributed by atoms with van der Waals surface area (Å²) in [7, 11) is -2.45. The van der Waals surface area contributed by atoms with Crippen LogP contribution in [0.2, 0.25) is 0 Å². The van der Waals surface area contributed by atoms with Gasteiger partial charge in [-0.05, 0) is 18.2 Å². The first-order valence-corrected chi connectivity index (χ1v) is 6.93. The summed E-state index contributed by atoms with van der Waals surface area (Å²) in [5, 5.41) is 5.68. The number of sulfonamides is 1. The number of rotatable bonds is 4. The monoisotopic (exact) mass is 296 g/mol. The maximum Gasteiger partial charge on any atom is 0.265 e. The summed E-state index contributed by atoms with van der Waals surface area (Å²) < 4.78 is 31.4. The number of aromatic nitrogens is 2. The van der Waals surface area contributed by atoms with E-state index in [9.17, 15) is 13.2 Å². The second kappa shape index (κ2) is 5.21. The van der Waals surface area contributed by atoms with Gasteiger partial charge in [0.1, 0.15) is 10.6 Å². The molecule has 4 N–H and O–H groups in total. The molecule has 9 heteroatoms. The Morgan fingerprint density at radius 1 is 1.30 bits per heavy atom. The van der Waals surface area contributed by atoms with E-state index >= 15 is 0 Å². The normalized spacial score (nSPS) is 11.1. The molecule has 0 aliphatic heterocycles.